The number of likely N-dealkylation sites (N-methyl/N-ethyl adjacent to an activating group) is 1. The molecule has 1 N–H and O–H groups in total. The van der Waals surface area contributed by atoms with Crippen LogP contribution in [0.4, 0.5) is 5.69 Å². The molecule has 3 aromatic rings. The summed E-state index contributed by atoms with van der Waals surface area (Å²) in [5, 5.41) is 7.49. The van der Waals surface area contributed by atoms with Gasteiger partial charge in [0.2, 0.25) is 5.91 Å². The number of carbonyl (C=O) groups is 1. The van der Waals surface area contributed by atoms with E-state index >= 15 is 0 Å². The van der Waals surface area contributed by atoms with Crippen molar-refractivity contribution in [3.8, 4) is 17.0 Å². The van der Waals surface area contributed by atoms with Gasteiger partial charge in [-0.25, -0.2) is 0 Å². The number of halogens is 1. The van der Waals surface area contributed by atoms with Gasteiger partial charge in [0.05, 0.1) is 18.2 Å². The number of methoxy groups -OCH3 is 1. The summed E-state index contributed by atoms with van der Waals surface area (Å²) in [6, 6.07) is 16.8. The fourth-order valence-corrected chi connectivity index (χ4v) is 3.32. The highest BCUT2D eigenvalue weighted by Gasteiger charge is 2.18. The van der Waals surface area contributed by atoms with E-state index in [0.29, 0.717) is 16.5 Å². The average molecular weight is 428 g/mol. The molecule has 0 spiro atoms. The molecule has 30 heavy (non-hydrogen) atoms. The van der Waals surface area contributed by atoms with Gasteiger partial charge in [-0.2, -0.15) is 0 Å². The van der Waals surface area contributed by atoms with Gasteiger partial charge in [0.15, 0.2) is 0 Å². The van der Waals surface area contributed by atoms with Crippen molar-refractivity contribution in [3.63, 3.8) is 0 Å². The van der Waals surface area contributed by atoms with E-state index in [9.17, 15) is 4.79 Å². The third-order valence-corrected chi connectivity index (χ3v) is 5.32. The molecule has 7 heteroatoms. The third kappa shape index (κ3) is 5.62. The maximum absolute atomic E-state index is 12.6. The number of aryl methyl sites for hydroxylation is 1. The first-order chi connectivity index (χ1) is 14.5. The summed E-state index contributed by atoms with van der Waals surface area (Å²) in [6.45, 7) is 2.63. The van der Waals surface area contributed by atoms with Gasteiger partial charge in [-0.1, -0.05) is 47.1 Å². The van der Waals surface area contributed by atoms with Gasteiger partial charge in [0.1, 0.15) is 17.2 Å². The van der Waals surface area contributed by atoms with Crippen LogP contribution in [-0.2, 0) is 11.2 Å². The first-order valence-corrected chi connectivity index (χ1v) is 10.2. The molecule has 0 saturated carbocycles. The van der Waals surface area contributed by atoms with Gasteiger partial charge < -0.3 is 14.6 Å². The number of anilines is 1. The van der Waals surface area contributed by atoms with Crippen LogP contribution in [0.25, 0.3) is 11.3 Å². The molecular weight excluding hydrogens is 402 g/mol. The summed E-state index contributed by atoms with van der Waals surface area (Å²) >= 11 is 6.12. The molecule has 0 fully saturated rings. The smallest absolute Gasteiger partial charge is 0.241 e. The number of hydrogen-bond acceptors (Lipinski definition) is 5. The fraction of sp³-hybridized carbons (Fsp3) is 0.304. The molecule has 0 aliphatic rings. The van der Waals surface area contributed by atoms with Gasteiger partial charge in [-0.3, -0.25) is 9.69 Å². The van der Waals surface area contributed by atoms with Crippen LogP contribution in [0, 0.1) is 0 Å². The Morgan fingerprint density at radius 1 is 1.23 bits per heavy atom. The zero-order valence-electron chi connectivity index (χ0n) is 17.4. The Morgan fingerprint density at radius 2 is 2.00 bits per heavy atom. The summed E-state index contributed by atoms with van der Waals surface area (Å²) in [7, 11) is 3.48. The lowest BCUT2D eigenvalue weighted by Crippen LogP contribution is -2.40. The van der Waals surface area contributed by atoms with Crippen molar-refractivity contribution in [2.24, 2.45) is 0 Å². The predicted molar refractivity (Wildman–Crippen MR) is 119 cm³/mol. The molecule has 0 bridgehead atoms. The van der Waals surface area contributed by atoms with E-state index in [1.54, 1.807) is 25.3 Å². The number of rotatable bonds is 9. The number of ether oxygens (including phenoxy) is 1. The lowest BCUT2D eigenvalue weighted by atomic mass is 10.1. The van der Waals surface area contributed by atoms with Crippen LogP contribution in [0.3, 0.4) is 0 Å². The van der Waals surface area contributed by atoms with Crippen molar-refractivity contribution in [1.29, 1.82) is 0 Å². The summed E-state index contributed by atoms with van der Waals surface area (Å²) in [5.41, 5.74) is 2.51. The number of aromatic nitrogens is 1. The lowest BCUT2D eigenvalue weighted by molar-refractivity contribution is -0.120. The molecule has 0 aliphatic heterocycles. The molecule has 158 valence electrons. The Balaban J connectivity index is 1.47. The second-order valence-electron chi connectivity index (χ2n) is 7.14. The van der Waals surface area contributed by atoms with E-state index in [0.717, 1.165) is 36.4 Å². The first kappa shape index (κ1) is 21.9. The van der Waals surface area contributed by atoms with Crippen molar-refractivity contribution in [3.05, 3.63) is 65.4 Å². The molecule has 6 nitrogen and oxygen atoms in total. The van der Waals surface area contributed by atoms with Gasteiger partial charge in [-0.05, 0) is 45.1 Å². The van der Waals surface area contributed by atoms with Crippen LogP contribution in [0.1, 0.15) is 19.1 Å². The molecule has 0 saturated heterocycles. The van der Waals surface area contributed by atoms with Crippen LogP contribution < -0.4 is 10.1 Å². The first-order valence-electron chi connectivity index (χ1n) is 9.83. The molecule has 1 aromatic heterocycles. The summed E-state index contributed by atoms with van der Waals surface area (Å²) in [6.07, 6.45) is 1.61. The summed E-state index contributed by atoms with van der Waals surface area (Å²) in [4.78, 5) is 14.6. The normalized spacial score (nSPS) is 12.0. The van der Waals surface area contributed by atoms with Crippen LogP contribution in [0.5, 0.6) is 5.75 Å². The average Bonchev–Trinajstić information content (AvgIpc) is 3.23. The van der Waals surface area contributed by atoms with Crippen molar-refractivity contribution >= 4 is 23.2 Å². The predicted octanol–water partition coefficient (Wildman–Crippen LogP) is 4.90. The minimum Gasteiger partial charge on any atom is -0.495 e. The van der Waals surface area contributed by atoms with E-state index in [1.807, 2.05) is 55.3 Å². The number of nitrogens with zero attached hydrogens (tertiary/aromatic N) is 2. The Bertz CT molecular complexity index is 975. The Hall–Kier alpha value is -2.83. The molecule has 1 unspecified atom stereocenters. The lowest BCUT2D eigenvalue weighted by Gasteiger charge is -2.23. The van der Waals surface area contributed by atoms with Gasteiger partial charge in [-0.15, -0.1) is 0 Å². The van der Waals surface area contributed by atoms with Crippen LogP contribution >= 0.6 is 11.6 Å². The van der Waals surface area contributed by atoms with Crippen molar-refractivity contribution in [2.45, 2.75) is 25.8 Å². The molecule has 2 aromatic carbocycles. The molecule has 1 amide bonds. The van der Waals surface area contributed by atoms with E-state index < -0.39 is 0 Å². The Morgan fingerprint density at radius 3 is 2.70 bits per heavy atom. The number of hydrogen-bond donors (Lipinski definition) is 1. The third-order valence-electron chi connectivity index (χ3n) is 5.02. The van der Waals surface area contributed by atoms with Crippen molar-refractivity contribution in [2.75, 3.05) is 26.0 Å². The Labute approximate surface area is 181 Å². The van der Waals surface area contributed by atoms with Gasteiger partial charge >= 0.3 is 0 Å². The molecule has 0 aliphatic carbocycles. The SMILES string of the molecule is COc1ccc(NC(=O)C(C)N(C)CCCc2cc(-c3ccccc3)no2)cc1Cl. The maximum Gasteiger partial charge on any atom is 0.241 e. The van der Waals surface area contributed by atoms with E-state index in [-0.39, 0.29) is 11.9 Å². The summed E-state index contributed by atoms with van der Waals surface area (Å²) in [5.74, 6) is 1.32. The van der Waals surface area contributed by atoms with Gasteiger partial charge in [0.25, 0.3) is 0 Å². The van der Waals surface area contributed by atoms with E-state index in [4.69, 9.17) is 20.9 Å². The molecule has 1 heterocycles. The monoisotopic (exact) mass is 427 g/mol. The van der Waals surface area contributed by atoms with Gasteiger partial charge in [0, 0.05) is 23.7 Å². The topological polar surface area (TPSA) is 67.6 Å². The fourth-order valence-electron chi connectivity index (χ4n) is 3.06. The number of benzene rings is 2. The molecule has 3 rings (SSSR count). The zero-order valence-corrected chi connectivity index (χ0v) is 18.1. The summed E-state index contributed by atoms with van der Waals surface area (Å²) < 4.78 is 10.6. The standard InChI is InChI=1S/C23H26ClN3O3/c1-16(23(28)25-18-11-12-22(29-3)20(24)14-18)27(2)13-7-10-19-15-21(26-30-19)17-8-5-4-6-9-17/h4-6,8-9,11-12,14-16H,7,10,13H2,1-3H3,(H,25,28). The van der Waals surface area contributed by atoms with Crippen LogP contribution in [0.2, 0.25) is 5.02 Å². The molecule has 1 atom stereocenters. The van der Waals surface area contributed by atoms with Crippen LogP contribution in [0.15, 0.2) is 59.1 Å². The number of nitrogens with one attached hydrogen (secondary N) is 1. The maximum atomic E-state index is 12.6. The minimum atomic E-state index is -0.291. The zero-order chi connectivity index (χ0) is 21.5. The largest absolute Gasteiger partial charge is 0.495 e. The number of amides is 1. The van der Waals surface area contributed by atoms with Crippen LogP contribution in [-0.4, -0.2) is 42.7 Å². The molecular formula is C23H26ClN3O3. The highest BCUT2D eigenvalue weighted by Crippen LogP contribution is 2.27. The van der Waals surface area contributed by atoms with E-state index in [2.05, 4.69) is 10.5 Å². The van der Waals surface area contributed by atoms with Crippen molar-refractivity contribution < 1.29 is 14.1 Å². The number of carbonyl (C=O) groups excluding carboxylic acids is 1. The second-order valence-corrected chi connectivity index (χ2v) is 7.55. The Kier molecular flexibility index (Phi) is 7.49. The highest BCUT2D eigenvalue weighted by molar-refractivity contribution is 6.32. The van der Waals surface area contributed by atoms with E-state index in [1.165, 1.54) is 0 Å². The highest BCUT2D eigenvalue weighted by atomic mass is 35.5. The molecule has 0 radical (unpaired) electrons. The van der Waals surface area contributed by atoms with Crippen molar-refractivity contribution in [1.82, 2.24) is 10.1 Å². The quantitative estimate of drug-likeness (QED) is 0.526. The second kappa shape index (κ2) is 10.3. The minimum absolute atomic E-state index is 0.0928.